The third kappa shape index (κ3) is 8.51. The van der Waals surface area contributed by atoms with Gasteiger partial charge in [-0.2, -0.15) is 0 Å². The zero-order valence-corrected chi connectivity index (χ0v) is 17.9. The van der Waals surface area contributed by atoms with Crippen molar-refractivity contribution < 1.29 is 9.18 Å². The molecule has 1 N–H and O–H groups in total. The molecule has 25 heavy (non-hydrogen) atoms. The Balaban J connectivity index is 0.00000576. The van der Waals surface area contributed by atoms with Gasteiger partial charge in [-0.05, 0) is 44.9 Å². The average molecular weight is 464 g/mol. The van der Waals surface area contributed by atoms with Crippen LogP contribution in [0.4, 0.5) is 4.39 Å². The van der Waals surface area contributed by atoms with Gasteiger partial charge in [-0.15, -0.1) is 24.0 Å². The third-order valence-corrected chi connectivity index (χ3v) is 3.74. The van der Waals surface area contributed by atoms with Crippen molar-refractivity contribution in [2.24, 2.45) is 4.99 Å². The zero-order valence-electron chi connectivity index (χ0n) is 15.6. The van der Waals surface area contributed by atoms with Crippen molar-refractivity contribution >= 4 is 35.8 Å². The lowest BCUT2D eigenvalue weighted by Gasteiger charge is -2.25. The SMILES string of the molecule is CCNC(=NCCc1cccc(F)c1)N(C)CC(=O)N(CC)CC.I. The van der Waals surface area contributed by atoms with Gasteiger partial charge in [0.1, 0.15) is 5.82 Å². The first-order chi connectivity index (χ1) is 11.5. The number of guanidine groups is 1. The number of carbonyl (C=O) groups is 1. The van der Waals surface area contributed by atoms with Crippen molar-refractivity contribution in [1.82, 2.24) is 15.1 Å². The van der Waals surface area contributed by atoms with E-state index in [1.165, 1.54) is 12.1 Å². The number of benzene rings is 1. The molecule has 7 heteroatoms. The summed E-state index contributed by atoms with van der Waals surface area (Å²) in [5, 5.41) is 3.19. The number of nitrogens with zero attached hydrogens (tertiary/aromatic N) is 3. The fraction of sp³-hybridized carbons (Fsp3) is 0.556. The number of likely N-dealkylation sites (N-methyl/N-ethyl adjacent to an activating group) is 2. The predicted molar refractivity (Wildman–Crippen MR) is 112 cm³/mol. The van der Waals surface area contributed by atoms with Crippen molar-refractivity contribution in [3.05, 3.63) is 35.6 Å². The number of hydrogen-bond acceptors (Lipinski definition) is 2. The second-order valence-electron chi connectivity index (χ2n) is 5.54. The Kier molecular flexibility index (Phi) is 12.2. The van der Waals surface area contributed by atoms with Crippen LogP contribution in [-0.4, -0.2) is 61.4 Å². The molecular formula is C18H30FIN4O. The van der Waals surface area contributed by atoms with E-state index < -0.39 is 0 Å². The van der Waals surface area contributed by atoms with E-state index in [1.54, 1.807) is 11.0 Å². The fourth-order valence-corrected chi connectivity index (χ4v) is 2.41. The van der Waals surface area contributed by atoms with Gasteiger partial charge in [-0.3, -0.25) is 9.79 Å². The van der Waals surface area contributed by atoms with E-state index in [0.717, 1.165) is 12.1 Å². The van der Waals surface area contributed by atoms with E-state index in [9.17, 15) is 9.18 Å². The maximum Gasteiger partial charge on any atom is 0.242 e. The summed E-state index contributed by atoms with van der Waals surface area (Å²) in [6, 6.07) is 6.55. The van der Waals surface area contributed by atoms with Crippen LogP contribution in [0.2, 0.25) is 0 Å². The Morgan fingerprint density at radius 1 is 1.24 bits per heavy atom. The minimum Gasteiger partial charge on any atom is -0.357 e. The van der Waals surface area contributed by atoms with Crippen LogP contribution in [0.5, 0.6) is 0 Å². The van der Waals surface area contributed by atoms with E-state index in [1.807, 2.05) is 38.8 Å². The third-order valence-electron chi connectivity index (χ3n) is 3.74. The van der Waals surface area contributed by atoms with Crippen molar-refractivity contribution in [2.75, 3.05) is 39.8 Å². The lowest BCUT2D eigenvalue weighted by atomic mass is 10.1. The fourth-order valence-electron chi connectivity index (χ4n) is 2.41. The molecule has 0 saturated heterocycles. The molecule has 0 heterocycles. The molecule has 0 radical (unpaired) electrons. The summed E-state index contributed by atoms with van der Waals surface area (Å²) < 4.78 is 13.2. The molecule has 0 spiro atoms. The van der Waals surface area contributed by atoms with Gasteiger partial charge in [-0.25, -0.2) is 4.39 Å². The van der Waals surface area contributed by atoms with Crippen LogP contribution in [0.25, 0.3) is 0 Å². The molecule has 0 fully saturated rings. The summed E-state index contributed by atoms with van der Waals surface area (Å²) in [7, 11) is 1.85. The van der Waals surface area contributed by atoms with E-state index in [2.05, 4.69) is 10.3 Å². The average Bonchev–Trinajstić information content (AvgIpc) is 2.55. The van der Waals surface area contributed by atoms with Crippen molar-refractivity contribution in [2.45, 2.75) is 27.2 Å². The van der Waals surface area contributed by atoms with Crippen LogP contribution in [0.3, 0.4) is 0 Å². The number of halogens is 2. The zero-order chi connectivity index (χ0) is 17.9. The van der Waals surface area contributed by atoms with Gasteiger partial charge in [0.05, 0.1) is 6.54 Å². The molecule has 5 nitrogen and oxygen atoms in total. The first-order valence-corrected chi connectivity index (χ1v) is 8.53. The maximum absolute atomic E-state index is 13.2. The molecule has 0 bridgehead atoms. The Morgan fingerprint density at radius 2 is 1.92 bits per heavy atom. The summed E-state index contributed by atoms with van der Waals surface area (Å²) in [6.07, 6.45) is 0.657. The van der Waals surface area contributed by atoms with Crippen LogP contribution in [0.15, 0.2) is 29.3 Å². The number of nitrogens with one attached hydrogen (secondary N) is 1. The number of carbonyl (C=O) groups excluding carboxylic acids is 1. The van der Waals surface area contributed by atoms with Gasteiger partial charge >= 0.3 is 0 Å². The number of aliphatic imine (C=N–C) groups is 1. The molecule has 1 rings (SSSR count). The topological polar surface area (TPSA) is 47.9 Å². The van der Waals surface area contributed by atoms with Crippen LogP contribution >= 0.6 is 24.0 Å². The molecule has 142 valence electrons. The molecule has 1 amide bonds. The quantitative estimate of drug-likeness (QED) is 0.366. The lowest BCUT2D eigenvalue weighted by molar-refractivity contribution is -0.131. The van der Waals surface area contributed by atoms with Crippen LogP contribution in [0, 0.1) is 5.82 Å². The van der Waals surface area contributed by atoms with E-state index in [-0.39, 0.29) is 42.2 Å². The van der Waals surface area contributed by atoms with Crippen molar-refractivity contribution in [3.8, 4) is 0 Å². The van der Waals surface area contributed by atoms with Gasteiger partial charge in [0, 0.05) is 33.2 Å². The molecule has 0 aliphatic carbocycles. The summed E-state index contributed by atoms with van der Waals surface area (Å²) in [6.45, 7) is 8.89. The van der Waals surface area contributed by atoms with Gasteiger partial charge in [0.2, 0.25) is 5.91 Å². The Labute approximate surface area is 167 Å². The minimum atomic E-state index is -0.231. The first-order valence-electron chi connectivity index (χ1n) is 8.53. The summed E-state index contributed by atoms with van der Waals surface area (Å²) in [5.74, 6) is 0.540. The van der Waals surface area contributed by atoms with Crippen LogP contribution in [-0.2, 0) is 11.2 Å². The highest BCUT2D eigenvalue weighted by atomic mass is 127. The normalized spacial score (nSPS) is 10.8. The first kappa shape index (κ1) is 23.6. The molecule has 0 aromatic heterocycles. The molecule has 1 aromatic carbocycles. The highest BCUT2D eigenvalue weighted by molar-refractivity contribution is 14.0. The molecule has 0 aliphatic heterocycles. The minimum absolute atomic E-state index is 0. The molecular weight excluding hydrogens is 434 g/mol. The standard InChI is InChI=1S/C18H29FN4O.HI/c1-5-20-18(22(4)14-17(24)23(6-2)7-3)21-12-11-15-9-8-10-16(19)13-15;/h8-10,13H,5-7,11-12,14H2,1-4H3,(H,20,21);1H. The summed E-state index contributed by atoms with van der Waals surface area (Å²) >= 11 is 0. The van der Waals surface area contributed by atoms with Crippen molar-refractivity contribution in [1.29, 1.82) is 0 Å². The smallest absolute Gasteiger partial charge is 0.242 e. The number of amides is 1. The van der Waals surface area contributed by atoms with E-state index in [0.29, 0.717) is 32.0 Å². The molecule has 1 aromatic rings. The van der Waals surface area contributed by atoms with E-state index in [4.69, 9.17) is 0 Å². The Hall–Kier alpha value is -1.38. The monoisotopic (exact) mass is 464 g/mol. The number of hydrogen-bond donors (Lipinski definition) is 1. The molecule has 0 aliphatic rings. The van der Waals surface area contributed by atoms with Crippen LogP contribution in [0.1, 0.15) is 26.3 Å². The molecule has 0 atom stereocenters. The number of rotatable bonds is 8. The van der Waals surface area contributed by atoms with E-state index >= 15 is 0 Å². The largest absolute Gasteiger partial charge is 0.357 e. The van der Waals surface area contributed by atoms with Gasteiger partial charge < -0.3 is 15.1 Å². The van der Waals surface area contributed by atoms with Crippen molar-refractivity contribution in [3.63, 3.8) is 0 Å². The maximum atomic E-state index is 13.2. The van der Waals surface area contributed by atoms with Crippen LogP contribution < -0.4 is 5.32 Å². The van der Waals surface area contributed by atoms with Gasteiger partial charge in [0.15, 0.2) is 5.96 Å². The molecule has 0 saturated carbocycles. The lowest BCUT2D eigenvalue weighted by Crippen LogP contribution is -2.45. The second-order valence-corrected chi connectivity index (χ2v) is 5.54. The van der Waals surface area contributed by atoms with Gasteiger partial charge in [-0.1, -0.05) is 12.1 Å². The summed E-state index contributed by atoms with van der Waals surface area (Å²) in [4.78, 5) is 20.4. The predicted octanol–water partition coefficient (Wildman–Crippen LogP) is 2.75. The Morgan fingerprint density at radius 3 is 2.48 bits per heavy atom. The highest BCUT2D eigenvalue weighted by Crippen LogP contribution is 2.04. The highest BCUT2D eigenvalue weighted by Gasteiger charge is 2.14. The Bertz CT molecular complexity index is 550. The molecule has 0 unspecified atom stereocenters. The second kappa shape index (κ2) is 12.9. The van der Waals surface area contributed by atoms with Gasteiger partial charge in [0.25, 0.3) is 0 Å². The summed E-state index contributed by atoms with van der Waals surface area (Å²) in [5.41, 5.74) is 0.913.